The third-order valence-electron chi connectivity index (χ3n) is 2.77. The van der Waals surface area contributed by atoms with Gasteiger partial charge in [-0.25, -0.2) is 0 Å². The number of pyridine rings is 1. The molecule has 0 saturated carbocycles. The van der Waals surface area contributed by atoms with Gasteiger partial charge in [0.1, 0.15) is 5.41 Å². The van der Waals surface area contributed by atoms with E-state index >= 15 is 0 Å². The fraction of sp³-hybridized carbons (Fsp3) is 0.455. The van der Waals surface area contributed by atoms with E-state index in [0.29, 0.717) is 16.7 Å². The minimum atomic E-state index is -1.56. The third kappa shape index (κ3) is 2.65. The lowest BCUT2D eigenvalue weighted by Crippen LogP contribution is -2.36. The lowest BCUT2D eigenvalue weighted by molar-refractivity contribution is -0.146. The molecule has 0 aliphatic heterocycles. The van der Waals surface area contributed by atoms with Crippen LogP contribution in [0.1, 0.15) is 25.1 Å². The molecule has 0 aliphatic carbocycles. The molecule has 0 aliphatic rings. The van der Waals surface area contributed by atoms with Crippen LogP contribution in [0.4, 0.5) is 0 Å². The van der Waals surface area contributed by atoms with Crippen LogP contribution in [-0.2, 0) is 14.9 Å². The van der Waals surface area contributed by atoms with E-state index in [2.05, 4.69) is 4.98 Å². The van der Waals surface area contributed by atoms with Gasteiger partial charge in [-0.2, -0.15) is 0 Å². The zero-order valence-electron chi connectivity index (χ0n) is 10.4. The van der Waals surface area contributed by atoms with E-state index in [9.17, 15) is 4.79 Å². The van der Waals surface area contributed by atoms with E-state index in [1.54, 1.807) is 26.8 Å². The molecule has 6 heteroatoms. The first-order valence-electron chi connectivity index (χ1n) is 5.22. The fourth-order valence-electron chi connectivity index (χ4n) is 1.54. The summed E-state index contributed by atoms with van der Waals surface area (Å²) >= 11 is 0. The van der Waals surface area contributed by atoms with E-state index < -0.39 is 12.5 Å². The summed E-state index contributed by atoms with van der Waals surface area (Å²) in [7, 11) is -0.235. The van der Waals surface area contributed by atoms with Crippen LogP contribution >= 0.6 is 0 Å². The molecule has 0 radical (unpaired) electrons. The molecule has 0 aromatic carbocycles. The smallest absolute Gasteiger partial charge is 0.468 e. The van der Waals surface area contributed by atoms with Crippen molar-refractivity contribution in [1.82, 2.24) is 4.98 Å². The molecular formula is C11H16BNO4. The van der Waals surface area contributed by atoms with Gasteiger partial charge in [-0.05, 0) is 32.4 Å². The van der Waals surface area contributed by atoms with Crippen molar-refractivity contribution in [2.45, 2.75) is 26.2 Å². The minimum Gasteiger partial charge on any atom is -0.468 e. The maximum absolute atomic E-state index is 11.6. The number of methoxy groups -OCH3 is 1. The highest BCUT2D eigenvalue weighted by atomic mass is 16.5. The van der Waals surface area contributed by atoms with Gasteiger partial charge in [0, 0.05) is 11.7 Å². The maximum atomic E-state index is 11.6. The summed E-state index contributed by atoms with van der Waals surface area (Å²) in [6.45, 7) is 5.14. The SMILES string of the molecule is COC(=O)C(C)(C)c1cc(C)c(B(O)O)cn1. The Balaban J connectivity index is 3.18. The Morgan fingerprint density at radius 3 is 2.47 bits per heavy atom. The van der Waals surface area contributed by atoms with Gasteiger partial charge in [-0.15, -0.1) is 0 Å². The number of carbonyl (C=O) groups excluding carboxylic acids is 1. The van der Waals surface area contributed by atoms with E-state index in [0.717, 1.165) is 0 Å². The van der Waals surface area contributed by atoms with E-state index in [1.807, 2.05) is 0 Å². The van der Waals surface area contributed by atoms with Crippen molar-refractivity contribution in [2.75, 3.05) is 7.11 Å². The highest BCUT2D eigenvalue weighted by molar-refractivity contribution is 6.59. The molecule has 1 heterocycles. The number of rotatable bonds is 3. The zero-order chi connectivity index (χ0) is 13.2. The molecule has 0 fully saturated rings. The van der Waals surface area contributed by atoms with Gasteiger partial charge < -0.3 is 14.8 Å². The van der Waals surface area contributed by atoms with Crippen LogP contribution in [0, 0.1) is 6.92 Å². The topological polar surface area (TPSA) is 79.7 Å². The summed E-state index contributed by atoms with van der Waals surface area (Å²) < 4.78 is 4.71. The number of hydrogen-bond donors (Lipinski definition) is 2. The number of hydrogen-bond acceptors (Lipinski definition) is 5. The number of ether oxygens (including phenoxy) is 1. The van der Waals surface area contributed by atoms with Crippen LogP contribution in [0.3, 0.4) is 0 Å². The van der Waals surface area contributed by atoms with Crippen molar-refractivity contribution in [2.24, 2.45) is 0 Å². The first-order valence-corrected chi connectivity index (χ1v) is 5.22. The number of esters is 1. The normalized spacial score (nSPS) is 11.2. The van der Waals surface area contributed by atoms with Gasteiger partial charge in [0.15, 0.2) is 0 Å². The monoisotopic (exact) mass is 237 g/mol. The molecule has 0 unspecified atom stereocenters. The second kappa shape index (κ2) is 4.85. The molecular weight excluding hydrogens is 221 g/mol. The van der Waals surface area contributed by atoms with Crippen molar-refractivity contribution in [1.29, 1.82) is 0 Å². The van der Waals surface area contributed by atoms with Crippen LogP contribution in [0.15, 0.2) is 12.3 Å². The van der Waals surface area contributed by atoms with Crippen LogP contribution in [-0.4, -0.2) is 35.2 Å². The van der Waals surface area contributed by atoms with Gasteiger partial charge in [-0.3, -0.25) is 9.78 Å². The van der Waals surface area contributed by atoms with Crippen LogP contribution < -0.4 is 5.46 Å². The summed E-state index contributed by atoms with van der Waals surface area (Å²) in [4.78, 5) is 15.7. The molecule has 0 atom stereocenters. The maximum Gasteiger partial charge on any atom is 0.490 e. The zero-order valence-corrected chi connectivity index (χ0v) is 10.4. The Hall–Kier alpha value is -1.40. The van der Waals surface area contributed by atoms with Crippen molar-refractivity contribution >= 4 is 18.6 Å². The number of aryl methyl sites for hydroxylation is 1. The Labute approximate surface area is 101 Å². The molecule has 1 aromatic rings. The Morgan fingerprint density at radius 2 is 2.06 bits per heavy atom. The summed E-state index contributed by atoms with van der Waals surface area (Å²) in [6.07, 6.45) is 1.36. The predicted molar refractivity (Wildman–Crippen MR) is 63.8 cm³/mol. The van der Waals surface area contributed by atoms with E-state index in [-0.39, 0.29) is 5.97 Å². The molecule has 0 amide bonds. The Bertz CT molecular complexity index is 431. The van der Waals surface area contributed by atoms with E-state index in [4.69, 9.17) is 14.8 Å². The number of carbonyl (C=O) groups is 1. The Kier molecular flexibility index (Phi) is 3.90. The molecule has 1 rings (SSSR count). The van der Waals surface area contributed by atoms with Crippen LogP contribution in [0.2, 0.25) is 0 Å². The van der Waals surface area contributed by atoms with Gasteiger partial charge in [-0.1, -0.05) is 0 Å². The molecule has 17 heavy (non-hydrogen) atoms. The lowest BCUT2D eigenvalue weighted by Gasteiger charge is -2.21. The highest BCUT2D eigenvalue weighted by Crippen LogP contribution is 2.22. The first kappa shape index (κ1) is 13.7. The molecule has 0 spiro atoms. The number of nitrogens with zero attached hydrogens (tertiary/aromatic N) is 1. The van der Waals surface area contributed by atoms with Crippen LogP contribution in [0.5, 0.6) is 0 Å². The number of aromatic nitrogens is 1. The summed E-state index contributed by atoms with van der Waals surface area (Å²) in [5.74, 6) is -0.387. The van der Waals surface area contributed by atoms with Gasteiger partial charge in [0.25, 0.3) is 0 Å². The van der Waals surface area contributed by atoms with Gasteiger partial charge in [0.05, 0.1) is 12.8 Å². The van der Waals surface area contributed by atoms with Gasteiger partial charge >= 0.3 is 13.1 Å². The second-order valence-corrected chi connectivity index (χ2v) is 4.42. The average molecular weight is 237 g/mol. The lowest BCUT2D eigenvalue weighted by atomic mass is 9.77. The largest absolute Gasteiger partial charge is 0.490 e. The summed E-state index contributed by atoms with van der Waals surface area (Å²) in [6, 6.07) is 1.66. The molecule has 0 bridgehead atoms. The molecule has 92 valence electrons. The van der Waals surface area contributed by atoms with Crippen molar-refractivity contribution in [3.63, 3.8) is 0 Å². The second-order valence-electron chi connectivity index (χ2n) is 4.42. The summed E-state index contributed by atoms with van der Waals surface area (Å²) in [5.41, 5.74) is 0.668. The minimum absolute atomic E-state index is 0.328. The molecule has 2 N–H and O–H groups in total. The van der Waals surface area contributed by atoms with E-state index in [1.165, 1.54) is 13.3 Å². The predicted octanol–water partition coefficient (Wildman–Crippen LogP) is -0.480. The molecule has 1 aromatic heterocycles. The standard InChI is InChI=1S/C11H16BNO4/c1-7-5-9(11(2,3)10(14)17-4)13-6-8(7)12(15)16/h5-6,15-16H,1-4H3. The highest BCUT2D eigenvalue weighted by Gasteiger charge is 2.33. The fourth-order valence-corrected chi connectivity index (χ4v) is 1.54. The molecule has 0 saturated heterocycles. The van der Waals surface area contributed by atoms with Crippen molar-refractivity contribution in [3.8, 4) is 0 Å². The van der Waals surface area contributed by atoms with Crippen molar-refractivity contribution < 1.29 is 19.6 Å². The first-order chi connectivity index (χ1) is 7.80. The molecule has 5 nitrogen and oxygen atoms in total. The quantitative estimate of drug-likeness (QED) is 0.548. The van der Waals surface area contributed by atoms with Crippen LogP contribution in [0.25, 0.3) is 0 Å². The Morgan fingerprint density at radius 1 is 1.47 bits per heavy atom. The van der Waals surface area contributed by atoms with Crippen molar-refractivity contribution in [3.05, 3.63) is 23.5 Å². The average Bonchev–Trinajstić information content (AvgIpc) is 2.27. The third-order valence-corrected chi connectivity index (χ3v) is 2.77. The van der Waals surface area contributed by atoms with Gasteiger partial charge in [0.2, 0.25) is 0 Å². The summed E-state index contributed by atoms with van der Waals surface area (Å²) in [5, 5.41) is 18.2.